The Balaban J connectivity index is 0.000000120. The van der Waals surface area contributed by atoms with Gasteiger partial charge in [-0.2, -0.15) is 20.4 Å². The van der Waals surface area contributed by atoms with Crippen LogP contribution in [0.15, 0.2) is 146 Å². The number of anilines is 4. The number of piperazine rings is 4. The lowest BCUT2D eigenvalue weighted by molar-refractivity contribution is 0.323. The fraction of sp³-hybridized carbons (Fsp3) is 0.421. The lowest BCUT2D eigenvalue weighted by Gasteiger charge is -2.40. The number of aromatic amines is 4. The van der Waals surface area contributed by atoms with Gasteiger partial charge in [-0.1, -0.05) is 72.7 Å². The van der Waals surface area contributed by atoms with E-state index < -0.39 is 0 Å². The second-order valence-corrected chi connectivity index (χ2v) is 28.3. The zero-order chi connectivity index (χ0) is 69.1. The molecule has 0 bridgehead atoms. The normalized spacial score (nSPS) is 19.6. The lowest BCUT2D eigenvalue weighted by Crippen LogP contribution is -2.57. The summed E-state index contributed by atoms with van der Waals surface area (Å²) < 4.78 is 0. The van der Waals surface area contributed by atoms with Crippen LogP contribution in [0.5, 0.6) is 0 Å². The molecule has 24 heteroatoms. The van der Waals surface area contributed by atoms with E-state index in [0.29, 0.717) is 54.0 Å². The first-order valence-electron chi connectivity index (χ1n) is 35.8. The van der Waals surface area contributed by atoms with Crippen LogP contribution in [-0.4, -0.2) is 182 Å². The summed E-state index contributed by atoms with van der Waals surface area (Å²) >= 11 is 0. The number of aromatic nitrogens is 16. The van der Waals surface area contributed by atoms with Crippen molar-refractivity contribution in [2.45, 2.75) is 124 Å². The van der Waals surface area contributed by atoms with Crippen molar-refractivity contribution in [3.63, 3.8) is 0 Å². The minimum Gasteiger partial charge on any atom is -0.354 e. The summed E-state index contributed by atoms with van der Waals surface area (Å²) in [5, 5.41) is 48.1. The zero-order valence-corrected chi connectivity index (χ0v) is 59.1. The highest BCUT2D eigenvalue weighted by Crippen LogP contribution is 2.32. The molecule has 6 atom stereocenters. The third kappa shape index (κ3) is 16.7. The van der Waals surface area contributed by atoms with Crippen molar-refractivity contribution in [3.05, 3.63) is 146 Å². The first kappa shape index (κ1) is 68.6. The molecule has 8 N–H and O–H groups in total. The van der Waals surface area contributed by atoms with Crippen molar-refractivity contribution in [1.29, 1.82) is 0 Å². The Bertz CT molecular complexity index is 4430. The van der Waals surface area contributed by atoms with Gasteiger partial charge in [0.2, 0.25) is 0 Å². The largest absolute Gasteiger partial charge is 0.354 e. The Morgan fingerprint density at radius 3 is 0.980 bits per heavy atom. The Morgan fingerprint density at radius 2 is 0.660 bits per heavy atom. The molecule has 520 valence electrons. The molecule has 12 aromatic heterocycles. The molecule has 4 aliphatic heterocycles. The van der Waals surface area contributed by atoms with Crippen molar-refractivity contribution in [1.82, 2.24) is 102 Å². The van der Waals surface area contributed by atoms with Gasteiger partial charge in [-0.05, 0) is 154 Å². The van der Waals surface area contributed by atoms with Crippen LogP contribution in [0.2, 0.25) is 0 Å². The van der Waals surface area contributed by atoms with Gasteiger partial charge in [0, 0.05) is 148 Å². The molecule has 4 fully saturated rings. The second kappa shape index (κ2) is 32.0. The Kier molecular flexibility index (Phi) is 21.9. The van der Waals surface area contributed by atoms with E-state index >= 15 is 0 Å². The summed E-state index contributed by atoms with van der Waals surface area (Å²) in [5.74, 6) is 6.15. The third-order valence-corrected chi connectivity index (χ3v) is 18.7. The summed E-state index contributed by atoms with van der Waals surface area (Å²) in [6.45, 7) is 30.3. The van der Waals surface area contributed by atoms with Crippen molar-refractivity contribution < 1.29 is 0 Å². The lowest BCUT2D eigenvalue weighted by atomic mass is 9.99. The van der Waals surface area contributed by atoms with Gasteiger partial charge in [-0.15, -0.1) is 0 Å². The maximum Gasteiger partial charge on any atom is 0.181 e. The van der Waals surface area contributed by atoms with Crippen LogP contribution in [0, 0.1) is 17.8 Å². The Labute approximate surface area is 585 Å². The first-order valence-corrected chi connectivity index (χ1v) is 35.8. The predicted molar refractivity (Wildman–Crippen MR) is 402 cm³/mol. The smallest absolute Gasteiger partial charge is 0.181 e. The molecular formula is C76H96N24. The standard InChI is InChI=1S/C21H28N6.2C20H26N6.C15H16N6/c1-4-15-12-27(13-16(23-15)11-14(2)3)19-9-5-8-18(24-19)20-17-7-6-10-22-21(17)26-25-20;2*1-13(2)10-15-12-26(11-14(3)22-15)18-8-4-7-17(23-18)19-16-6-5-9-21-20(16)25-24-19;1-4-12(14-11-3-2-6-17-15(11)20-19-14)18-13(5-1)21-9-7-16-8-10-21/h5-10,14-16,23H,4,11-13H2,1-3H3,(H,22,25,26);2*4-9,13-15,22H,10-12H2,1-3H3,(H,21,24,25);1-6,16H,7-10H2,(H,17,19,20)/t15-,16-;14-,15+;14-,15-;/m010./s1. The minimum absolute atomic E-state index is 0.454. The molecule has 0 aromatic carbocycles. The topological polar surface area (TPSA) is 279 Å². The van der Waals surface area contributed by atoms with Crippen LogP contribution in [0.25, 0.3) is 89.7 Å². The van der Waals surface area contributed by atoms with Crippen LogP contribution >= 0.6 is 0 Å². The van der Waals surface area contributed by atoms with Gasteiger partial charge in [0.1, 0.15) is 23.3 Å². The van der Waals surface area contributed by atoms with E-state index in [0.717, 1.165) is 185 Å². The minimum atomic E-state index is 0.454. The quantitative estimate of drug-likeness (QED) is 0.0473. The molecule has 0 radical (unpaired) electrons. The van der Waals surface area contributed by atoms with Crippen LogP contribution in [0.1, 0.15) is 88.0 Å². The van der Waals surface area contributed by atoms with Gasteiger partial charge in [-0.3, -0.25) is 20.4 Å². The number of nitrogens with one attached hydrogen (secondary N) is 8. The zero-order valence-electron chi connectivity index (χ0n) is 59.1. The van der Waals surface area contributed by atoms with E-state index in [1.54, 1.807) is 24.8 Å². The number of H-pyrrole nitrogens is 4. The number of fused-ring (bicyclic) bond motifs is 4. The molecule has 12 aromatic rings. The van der Waals surface area contributed by atoms with Gasteiger partial charge < -0.3 is 40.9 Å². The highest BCUT2D eigenvalue weighted by Gasteiger charge is 2.30. The number of hydrogen-bond acceptors (Lipinski definition) is 20. The van der Waals surface area contributed by atoms with Crippen LogP contribution < -0.4 is 40.9 Å². The highest BCUT2D eigenvalue weighted by atomic mass is 15.3. The van der Waals surface area contributed by atoms with E-state index in [1.165, 1.54) is 19.3 Å². The Morgan fingerprint density at radius 1 is 0.360 bits per heavy atom. The van der Waals surface area contributed by atoms with E-state index in [4.69, 9.17) is 19.9 Å². The van der Waals surface area contributed by atoms with Gasteiger partial charge >= 0.3 is 0 Å². The van der Waals surface area contributed by atoms with Crippen LogP contribution in [-0.2, 0) is 0 Å². The number of rotatable bonds is 15. The fourth-order valence-electron chi connectivity index (χ4n) is 14.4. The van der Waals surface area contributed by atoms with E-state index in [1.807, 2.05) is 78.9 Å². The van der Waals surface area contributed by atoms with Crippen molar-refractivity contribution in [3.8, 4) is 45.6 Å². The van der Waals surface area contributed by atoms with Crippen molar-refractivity contribution >= 4 is 67.4 Å². The maximum absolute atomic E-state index is 4.97. The van der Waals surface area contributed by atoms with E-state index in [-0.39, 0.29) is 0 Å². The van der Waals surface area contributed by atoms with Gasteiger partial charge in [0.05, 0.1) is 45.6 Å². The fourth-order valence-corrected chi connectivity index (χ4v) is 14.4. The van der Waals surface area contributed by atoms with E-state index in [9.17, 15) is 0 Å². The molecule has 0 saturated carbocycles. The summed E-state index contributed by atoms with van der Waals surface area (Å²) in [6.07, 6.45) is 11.7. The van der Waals surface area contributed by atoms with Crippen LogP contribution in [0.3, 0.4) is 0 Å². The van der Waals surface area contributed by atoms with Crippen molar-refractivity contribution in [2.24, 2.45) is 17.8 Å². The summed E-state index contributed by atoms with van der Waals surface area (Å²) in [6, 6.07) is 43.5. The van der Waals surface area contributed by atoms with Gasteiger partial charge in [0.25, 0.3) is 0 Å². The van der Waals surface area contributed by atoms with Crippen LogP contribution in [0.4, 0.5) is 23.3 Å². The molecule has 0 amide bonds. The highest BCUT2D eigenvalue weighted by molar-refractivity contribution is 5.92. The maximum atomic E-state index is 4.97. The SMILES string of the molecule is CC(C)C[C@H]1CN(c2cccc(-c3[nH]nc4ncccc34)n2)C[C@@H](C)N1.CC(C)C[C@H]1CN(c2cccc(-c3[nH]nc4ncccc34)n2)C[C@H](C)N1.CC[C@H]1CN(c2cccc(-c3[nH]nc4ncccc34)n2)C[C@H](CC(C)C)N1.c1cc(-c2[nH]nc3ncccc23)nc(N2CCNCC2)c1. The monoisotopic (exact) mass is 1340 g/mol. The average Bonchev–Trinajstić information content (AvgIpc) is 1.63. The second-order valence-electron chi connectivity index (χ2n) is 28.3. The molecule has 0 aliphatic carbocycles. The Hall–Kier alpha value is -9.88. The summed E-state index contributed by atoms with van der Waals surface area (Å²) in [7, 11) is 0. The summed E-state index contributed by atoms with van der Waals surface area (Å²) in [4.78, 5) is 46.3. The van der Waals surface area contributed by atoms with Crippen molar-refractivity contribution in [2.75, 3.05) is 85.0 Å². The number of nitrogens with zero attached hydrogens (tertiary/aromatic N) is 16. The summed E-state index contributed by atoms with van der Waals surface area (Å²) in [5.41, 5.74) is 10.2. The molecule has 4 saturated heterocycles. The molecule has 0 spiro atoms. The predicted octanol–water partition coefficient (Wildman–Crippen LogP) is 11.5. The molecular weight excluding hydrogens is 1250 g/mol. The number of pyridine rings is 8. The molecule has 0 unspecified atom stereocenters. The third-order valence-electron chi connectivity index (χ3n) is 18.7. The van der Waals surface area contributed by atoms with Gasteiger partial charge in [-0.25, -0.2) is 39.9 Å². The number of hydrogen-bond donors (Lipinski definition) is 8. The molecule has 24 nitrogen and oxygen atoms in total. The molecule has 16 rings (SSSR count). The molecule has 16 heterocycles. The van der Waals surface area contributed by atoms with E-state index in [2.05, 4.69) is 206 Å². The average molecular weight is 1350 g/mol. The van der Waals surface area contributed by atoms with Gasteiger partial charge in [0.15, 0.2) is 22.6 Å². The molecule has 100 heavy (non-hydrogen) atoms. The first-order chi connectivity index (χ1) is 48.7. The molecule has 4 aliphatic rings.